The SMILES string of the molecule is CCc1ccc(OCCCN2C(=O)C(CC)Oc3ccc(N)nc32)cc1. The second kappa shape index (κ2) is 8.08. The van der Waals surface area contributed by atoms with E-state index < -0.39 is 6.10 Å². The van der Waals surface area contributed by atoms with Crippen molar-refractivity contribution in [3.63, 3.8) is 0 Å². The first kappa shape index (κ1) is 18.0. The van der Waals surface area contributed by atoms with E-state index in [0.29, 0.717) is 43.4 Å². The number of aromatic nitrogens is 1. The number of nitrogen functional groups attached to an aromatic ring is 1. The van der Waals surface area contributed by atoms with E-state index in [4.69, 9.17) is 15.2 Å². The van der Waals surface area contributed by atoms with Gasteiger partial charge in [-0.25, -0.2) is 4.98 Å². The Morgan fingerprint density at radius 1 is 1.19 bits per heavy atom. The molecule has 2 heterocycles. The Morgan fingerprint density at radius 3 is 2.65 bits per heavy atom. The second-order valence-electron chi connectivity index (χ2n) is 6.26. The molecule has 1 aromatic carbocycles. The molecular formula is C20H25N3O3. The van der Waals surface area contributed by atoms with E-state index in [1.165, 1.54) is 5.56 Å². The number of pyridine rings is 1. The average Bonchev–Trinajstić information content (AvgIpc) is 2.67. The fourth-order valence-corrected chi connectivity index (χ4v) is 2.93. The van der Waals surface area contributed by atoms with Gasteiger partial charge in [-0.15, -0.1) is 0 Å². The molecule has 0 aliphatic carbocycles. The molecule has 2 aromatic rings. The van der Waals surface area contributed by atoms with Gasteiger partial charge in [0.2, 0.25) is 0 Å². The molecule has 1 aromatic heterocycles. The lowest BCUT2D eigenvalue weighted by molar-refractivity contribution is -0.126. The number of rotatable bonds is 7. The minimum absolute atomic E-state index is 0.0783. The van der Waals surface area contributed by atoms with Gasteiger partial charge in [0.05, 0.1) is 6.61 Å². The number of hydrogen-bond acceptors (Lipinski definition) is 5. The highest BCUT2D eigenvalue weighted by Crippen LogP contribution is 2.33. The molecule has 0 bridgehead atoms. The summed E-state index contributed by atoms with van der Waals surface area (Å²) < 4.78 is 11.5. The maximum Gasteiger partial charge on any atom is 0.269 e. The van der Waals surface area contributed by atoms with Crippen molar-refractivity contribution in [2.75, 3.05) is 23.8 Å². The topological polar surface area (TPSA) is 77.7 Å². The molecule has 1 amide bonds. The van der Waals surface area contributed by atoms with Crippen molar-refractivity contribution in [2.45, 2.75) is 39.2 Å². The summed E-state index contributed by atoms with van der Waals surface area (Å²) in [5.41, 5.74) is 7.06. The zero-order valence-corrected chi connectivity index (χ0v) is 15.3. The standard InChI is InChI=1S/C20H25N3O3/c1-3-14-6-8-15(9-7-14)25-13-5-12-23-19-17(10-11-18(21)22-19)26-16(4-2)20(23)24/h6-11,16H,3-5,12-13H2,1-2H3,(H2,21,22). The molecule has 0 spiro atoms. The molecule has 6 heteroatoms. The third-order valence-electron chi connectivity index (χ3n) is 4.42. The summed E-state index contributed by atoms with van der Waals surface area (Å²) in [6.07, 6.45) is 1.83. The van der Waals surface area contributed by atoms with Crippen LogP contribution < -0.4 is 20.1 Å². The normalized spacial score (nSPS) is 16.2. The summed E-state index contributed by atoms with van der Waals surface area (Å²) >= 11 is 0. The summed E-state index contributed by atoms with van der Waals surface area (Å²) in [5.74, 6) is 2.22. The van der Waals surface area contributed by atoms with E-state index in [0.717, 1.165) is 12.2 Å². The second-order valence-corrected chi connectivity index (χ2v) is 6.26. The van der Waals surface area contributed by atoms with Crippen molar-refractivity contribution in [2.24, 2.45) is 0 Å². The maximum absolute atomic E-state index is 12.6. The number of nitrogens with two attached hydrogens (primary N) is 1. The molecule has 1 unspecified atom stereocenters. The van der Waals surface area contributed by atoms with Gasteiger partial charge in [0.1, 0.15) is 11.6 Å². The summed E-state index contributed by atoms with van der Waals surface area (Å²) in [6, 6.07) is 11.5. The van der Waals surface area contributed by atoms with Crippen LogP contribution in [0.1, 0.15) is 32.3 Å². The third kappa shape index (κ3) is 3.90. The monoisotopic (exact) mass is 355 g/mol. The molecule has 138 valence electrons. The van der Waals surface area contributed by atoms with Crippen LogP contribution in [0.2, 0.25) is 0 Å². The molecule has 0 saturated carbocycles. The minimum atomic E-state index is -0.476. The first-order chi connectivity index (χ1) is 12.6. The fraction of sp³-hybridized carbons (Fsp3) is 0.400. The number of fused-ring (bicyclic) bond motifs is 1. The van der Waals surface area contributed by atoms with Crippen molar-refractivity contribution in [3.8, 4) is 11.5 Å². The Balaban J connectivity index is 1.62. The Kier molecular flexibility index (Phi) is 5.61. The highest BCUT2D eigenvalue weighted by molar-refractivity contribution is 5.99. The van der Waals surface area contributed by atoms with Crippen molar-refractivity contribution in [1.29, 1.82) is 0 Å². The zero-order valence-electron chi connectivity index (χ0n) is 15.3. The Morgan fingerprint density at radius 2 is 1.96 bits per heavy atom. The van der Waals surface area contributed by atoms with Crippen LogP contribution in [0.3, 0.4) is 0 Å². The van der Waals surface area contributed by atoms with Crippen molar-refractivity contribution >= 4 is 17.5 Å². The molecule has 26 heavy (non-hydrogen) atoms. The molecule has 2 N–H and O–H groups in total. The van der Waals surface area contributed by atoms with Crippen LogP contribution in [0.5, 0.6) is 11.5 Å². The van der Waals surface area contributed by atoms with Crippen LogP contribution in [0.4, 0.5) is 11.6 Å². The van der Waals surface area contributed by atoms with Gasteiger partial charge in [0, 0.05) is 6.54 Å². The number of anilines is 2. The van der Waals surface area contributed by atoms with Crippen molar-refractivity contribution in [3.05, 3.63) is 42.0 Å². The van der Waals surface area contributed by atoms with Gasteiger partial charge < -0.3 is 15.2 Å². The van der Waals surface area contributed by atoms with Crippen LogP contribution in [-0.4, -0.2) is 30.1 Å². The average molecular weight is 355 g/mol. The quantitative estimate of drug-likeness (QED) is 0.772. The number of carbonyl (C=O) groups excluding carboxylic acids is 1. The number of hydrogen-bond donors (Lipinski definition) is 1. The predicted octanol–water partition coefficient (Wildman–Crippen LogP) is 3.20. The number of amides is 1. The van der Waals surface area contributed by atoms with Crippen molar-refractivity contribution < 1.29 is 14.3 Å². The molecule has 1 atom stereocenters. The largest absolute Gasteiger partial charge is 0.494 e. The lowest BCUT2D eigenvalue weighted by atomic mass is 10.2. The number of carbonyl (C=O) groups is 1. The number of aryl methyl sites for hydroxylation is 1. The Hall–Kier alpha value is -2.76. The molecular weight excluding hydrogens is 330 g/mol. The molecule has 3 rings (SSSR count). The zero-order chi connectivity index (χ0) is 18.5. The van der Waals surface area contributed by atoms with E-state index in [9.17, 15) is 4.79 Å². The van der Waals surface area contributed by atoms with Crippen LogP contribution in [0.15, 0.2) is 36.4 Å². The molecule has 0 saturated heterocycles. The molecule has 6 nitrogen and oxygen atoms in total. The Bertz CT molecular complexity index is 761. The smallest absolute Gasteiger partial charge is 0.269 e. The van der Waals surface area contributed by atoms with Crippen molar-refractivity contribution in [1.82, 2.24) is 4.98 Å². The van der Waals surface area contributed by atoms with Gasteiger partial charge in [-0.3, -0.25) is 9.69 Å². The van der Waals surface area contributed by atoms with E-state index in [-0.39, 0.29) is 5.91 Å². The molecule has 0 radical (unpaired) electrons. The molecule has 1 aliphatic heterocycles. The van der Waals surface area contributed by atoms with Gasteiger partial charge in [0.25, 0.3) is 5.91 Å². The summed E-state index contributed by atoms with van der Waals surface area (Å²) in [6.45, 7) is 5.08. The Labute approximate surface area is 153 Å². The number of ether oxygens (including phenoxy) is 2. The summed E-state index contributed by atoms with van der Waals surface area (Å²) in [4.78, 5) is 18.6. The van der Waals surface area contributed by atoms with Gasteiger partial charge in [0.15, 0.2) is 17.7 Å². The summed E-state index contributed by atoms with van der Waals surface area (Å²) in [5, 5.41) is 0. The van der Waals surface area contributed by atoms with Crippen LogP contribution in [0.25, 0.3) is 0 Å². The van der Waals surface area contributed by atoms with Gasteiger partial charge in [-0.1, -0.05) is 26.0 Å². The lowest BCUT2D eigenvalue weighted by Crippen LogP contribution is -2.46. The van der Waals surface area contributed by atoms with E-state index in [2.05, 4.69) is 24.0 Å². The lowest BCUT2D eigenvalue weighted by Gasteiger charge is -2.33. The first-order valence-corrected chi connectivity index (χ1v) is 9.08. The number of nitrogens with zero attached hydrogens (tertiary/aromatic N) is 2. The van der Waals surface area contributed by atoms with Crippen LogP contribution >= 0.6 is 0 Å². The van der Waals surface area contributed by atoms with Gasteiger partial charge in [-0.2, -0.15) is 0 Å². The number of benzene rings is 1. The van der Waals surface area contributed by atoms with Gasteiger partial charge in [-0.05, 0) is 49.1 Å². The maximum atomic E-state index is 12.6. The minimum Gasteiger partial charge on any atom is -0.494 e. The van der Waals surface area contributed by atoms with Gasteiger partial charge >= 0.3 is 0 Å². The summed E-state index contributed by atoms with van der Waals surface area (Å²) in [7, 11) is 0. The van der Waals surface area contributed by atoms with E-state index in [1.807, 2.05) is 19.1 Å². The molecule has 1 aliphatic rings. The fourth-order valence-electron chi connectivity index (χ4n) is 2.93. The third-order valence-corrected chi connectivity index (χ3v) is 4.42. The highest BCUT2D eigenvalue weighted by Gasteiger charge is 2.34. The highest BCUT2D eigenvalue weighted by atomic mass is 16.5. The van der Waals surface area contributed by atoms with E-state index in [1.54, 1.807) is 17.0 Å². The van der Waals surface area contributed by atoms with Crippen LogP contribution in [0, 0.1) is 0 Å². The predicted molar refractivity (Wildman–Crippen MR) is 102 cm³/mol. The first-order valence-electron chi connectivity index (χ1n) is 9.08. The van der Waals surface area contributed by atoms with E-state index >= 15 is 0 Å². The molecule has 0 fully saturated rings. The van der Waals surface area contributed by atoms with Crippen LogP contribution in [-0.2, 0) is 11.2 Å².